The number of carbonyl (C=O) groups is 1. The zero-order valence-electron chi connectivity index (χ0n) is 14.0. The van der Waals surface area contributed by atoms with Crippen LogP contribution in [-0.4, -0.2) is 52.4 Å². The molecule has 6 nitrogen and oxygen atoms in total. The van der Waals surface area contributed by atoms with Crippen LogP contribution in [0.5, 0.6) is 0 Å². The van der Waals surface area contributed by atoms with Gasteiger partial charge in [0, 0.05) is 37.3 Å². The number of likely N-dealkylation sites (tertiary alicyclic amines) is 1. The molecule has 1 amide bonds. The smallest absolute Gasteiger partial charge is 0.255 e. The van der Waals surface area contributed by atoms with Crippen molar-refractivity contribution in [1.29, 1.82) is 5.26 Å². The highest BCUT2D eigenvalue weighted by molar-refractivity contribution is 7.09. The lowest BCUT2D eigenvalue weighted by atomic mass is 10.1. The van der Waals surface area contributed by atoms with E-state index in [0.29, 0.717) is 17.2 Å². The molecule has 0 spiro atoms. The Balaban J connectivity index is 1.52. The molecular weight excluding hydrogens is 322 g/mol. The Kier molecular flexibility index (Phi) is 4.97. The van der Waals surface area contributed by atoms with E-state index in [9.17, 15) is 4.79 Å². The van der Waals surface area contributed by atoms with Gasteiger partial charge in [-0.25, -0.2) is 4.98 Å². The van der Waals surface area contributed by atoms with Crippen LogP contribution in [0.3, 0.4) is 0 Å². The SMILES string of the molecule is Cc1ncsc1CN(C)C[C@H]1CCN(C(=O)c2c[nH]c(C#N)c2)C1. The monoisotopic (exact) mass is 343 g/mol. The molecule has 0 unspecified atom stereocenters. The van der Waals surface area contributed by atoms with E-state index in [1.807, 2.05) is 23.4 Å². The van der Waals surface area contributed by atoms with Crippen LogP contribution < -0.4 is 0 Å². The van der Waals surface area contributed by atoms with Gasteiger partial charge in [0.15, 0.2) is 0 Å². The maximum Gasteiger partial charge on any atom is 0.255 e. The largest absolute Gasteiger partial charge is 0.352 e. The number of nitrogens with zero attached hydrogens (tertiary/aromatic N) is 4. The third-order valence-electron chi connectivity index (χ3n) is 4.45. The van der Waals surface area contributed by atoms with E-state index in [1.54, 1.807) is 23.6 Å². The van der Waals surface area contributed by atoms with Gasteiger partial charge in [0.05, 0.1) is 16.8 Å². The number of hydrogen-bond acceptors (Lipinski definition) is 5. The second-order valence-corrected chi connectivity index (χ2v) is 7.32. The first-order chi connectivity index (χ1) is 11.6. The fraction of sp³-hybridized carbons (Fsp3) is 0.471. The first-order valence-corrected chi connectivity index (χ1v) is 8.90. The molecule has 1 aliphatic rings. The molecule has 7 heteroatoms. The zero-order valence-corrected chi connectivity index (χ0v) is 14.8. The van der Waals surface area contributed by atoms with Crippen molar-refractivity contribution in [3.63, 3.8) is 0 Å². The Morgan fingerprint density at radius 2 is 2.46 bits per heavy atom. The van der Waals surface area contributed by atoms with Crippen molar-refractivity contribution in [3.05, 3.63) is 39.6 Å². The molecule has 1 saturated heterocycles. The van der Waals surface area contributed by atoms with Crippen LogP contribution in [0.2, 0.25) is 0 Å². The molecule has 0 radical (unpaired) electrons. The number of rotatable bonds is 5. The van der Waals surface area contributed by atoms with E-state index in [0.717, 1.165) is 38.3 Å². The van der Waals surface area contributed by atoms with E-state index >= 15 is 0 Å². The predicted molar refractivity (Wildman–Crippen MR) is 92.7 cm³/mol. The Labute approximate surface area is 145 Å². The Morgan fingerprint density at radius 1 is 1.62 bits per heavy atom. The van der Waals surface area contributed by atoms with Crippen LogP contribution >= 0.6 is 11.3 Å². The molecule has 0 aliphatic carbocycles. The molecule has 1 atom stereocenters. The lowest BCUT2D eigenvalue weighted by Crippen LogP contribution is -2.31. The fourth-order valence-corrected chi connectivity index (χ4v) is 4.02. The number of hydrogen-bond donors (Lipinski definition) is 1. The topological polar surface area (TPSA) is 76.0 Å². The van der Waals surface area contributed by atoms with E-state index < -0.39 is 0 Å². The van der Waals surface area contributed by atoms with Gasteiger partial charge in [0.25, 0.3) is 5.91 Å². The summed E-state index contributed by atoms with van der Waals surface area (Å²) in [6, 6.07) is 3.64. The minimum absolute atomic E-state index is 0.0104. The minimum Gasteiger partial charge on any atom is -0.352 e. The maximum absolute atomic E-state index is 12.5. The number of aromatic amines is 1. The number of thiazole rings is 1. The molecule has 1 aliphatic heterocycles. The summed E-state index contributed by atoms with van der Waals surface area (Å²) >= 11 is 1.70. The Bertz CT molecular complexity index is 759. The summed E-state index contributed by atoms with van der Waals surface area (Å²) in [5, 5.41) is 8.85. The molecule has 1 N–H and O–H groups in total. The number of H-pyrrole nitrogens is 1. The second-order valence-electron chi connectivity index (χ2n) is 6.38. The zero-order chi connectivity index (χ0) is 17.1. The van der Waals surface area contributed by atoms with Crippen LogP contribution in [0.1, 0.15) is 33.0 Å². The van der Waals surface area contributed by atoms with Crippen LogP contribution in [0.25, 0.3) is 0 Å². The lowest BCUT2D eigenvalue weighted by Gasteiger charge is -2.21. The number of nitrogens with one attached hydrogen (secondary N) is 1. The normalized spacial score (nSPS) is 17.4. The van der Waals surface area contributed by atoms with Gasteiger partial charge in [-0.2, -0.15) is 5.26 Å². The van der Waals surface area contributed by atoms with E-state index in [1.165, 1.54) is 4.88 Å². The van der Waals surface area contributed by atoms with E-state index in [4.69, 9.17) is 5.26 Å². The van der Waals surface area contributed by atoms with Crippen molar-refractivity contribution in [2.75, 3.05) is 26.7 Å². The summed E-state index contributed by atoms with van der Waals surface area (Å²) < 4.78 is 0. The molecule has 2 aromatic heterocycles. The van der Waals surface area contributed by atoms with E-state index in [-0.39, 0.29) is 5.91 Å². The van der Waals surface area contributed by atoms with Crippen molar-refractivity contribution in [3.8, 4) is 6.07 Å². The highest BCUT2D eigenvalue weighted by Gasteiger charge is 2.28. The van der Waals surface area contributed by atoms with Crippen LogP contribution in [0, 0.1) is 24.2 Å². The minimum atomic E-state index is 0.0104. The summed E-state index contributed by atoms with van der Waals surface area (Å²) in [4.78, 5) is 25.1. The number of aromatic nitrogens is 2. The van der Waals surface area contributed by atoms with E-state index in [2.05, 4.69) is 21.9 Å². The molecule has 0 saturated carbocycles. The van der Waals surface area contributed by atoms with Gasteiger partial charge in [-0.3, -0.25) is 4.79 Å². The number of amides is 1. The predicted octanol–water partition coefficient (Wildman–Crippen LogP) is 2.25. The van der Waals surface area contributed by atoms with Gasteiger partial charge >= 0.3 is 0 Å². The molecule has 1 fully saturated rings. The first-order valence-electron chi connectivity index (χ1n) is 8.02. The third-order valence-corrected chi connectivity index (χ3v) is 5.37. The average molecular weight is 343 g/mol. The summed E-state index contributed by atoms with van der Waals surface area (Å²) in [5.41, 5.74) is 3.99. The highest BCUT2D eigenvalue weighted by atomic mass is 32.1. The Morgan fingerprint density at radius 3 is 3.12 bits per heavy atom. The Hall–Kier alpha value is -2.17. The number of nitriles is 1. The summed E-state index contributed by atoms with van der Waals surface area (Å²) in [5.74, 6) is 0.498. The van der Waals surface area contributed by atoms with Crippen molar-refractivity contribution in [2.45, 2.75) is 19.9 Å². The molecule has 3 rings (SSSR count). The molecule has 2 aromatic rings. The lowest BCUT2D eigenvalue weighted by molar-refractivity contribution is 0.0784. The number of aryl methyl sites for hydroxylation is 1. The fourth-order valence-electron chi connectivity index (χ4n) is 3.16. The molecule has 126 valence electrons. The third kappa shape index (κ3) is 3.66. The molecule has 0 aromatic carbocycles. The van der Waals surface area contributed by atoms with Gasteiger partial charge in [-0.05, 0) is 32.4 Å². The second kappa shape index (κ2) is 7.16. The molecule has 0 bridgehead atoms. The number of carbonyl (C=O) groups excluding carboxylic acids is 1. The maximum atomic E-state index is 12.5. The van der Waals surface area contributed by atoms with Gasteiger partial charge in [-0.1, -0.05) is 0 Å². The highest BCUT2D eigenvalue weighted by Crippen LogP contribution is 2.21. The van der Waals surface area contributed by atoms with Gasteiger partial charge in [-0.15, -0.1) is 11.3 Å². The standard InChI is InChI=1S/C17H21N5OS/c1-12-16(24-11-20-12)10-21(2)8-13-3-4-22(9-13)17(23)14-5-15(6-18)19-7-14/h5,7,11,13,19H,3-4,8-10H2,1-2H3/t13-/m1/s1. The molecule has 24 heavy (non-hydrogen) atoms. The quantitative estimate of drug-likeness (QED) is 0.903. The summed E-state index contributed by atoms with van der Waals surface area (Å²) in [6.07, 6.45) is 2.64. The van der Waals surface area contributed by atoms with Crippen LogP contribution in [0.4, 0.5) is 0 Å². The molecule has 3 heterocycles. The first kappa shape index (κ1) is 16.7. The van der Waals surface area contributed by atoms with Crippen molar-refractivity contribution in [2.24, 2.45) is 5.92 Å². The van der Waals surface area contributed by atoms with Crippen molar-refractivity contribution in [1.82, 2.24) is 19.8 Å². The van der Waals surface area contributed by atoms with Crippen LogP contribution in [-0.2, 0) is 6.54 Å². The summed E-state index contributed by atoms with van der Waals surface area (Å²) in [7, 11) is 2.12. The van der Waals surface area contributed by atoms with Crippen molar-refractivity contribution >= 4 is 17.2 Å². The summed E-state index contributed by atoms with van der Waals surface area (Å²) in [6.45, 7) is 5.48. The van der Waals surface area contributed by atoms with Gasteiger partial charge in [0.1, 0.15) is 11.8 Å². The van der Waals surface area contributed by atoms with Gasteiger partial charge in [0.2, 0.25) is 0 Å². The van der Waals surface area contributed by atoms with Crippen molar-refractivity contribution < 1.29 is 4.79 Å². The average Bonchev–Trinajstić information content (AvgIpc) is 3.29. The van der Waals surface area contributed by atoms with Crippen LogP contribution in [0.15, 0.2) is 17.8 Å². The molecular formula is C17H21N5OS. The van der Waals surface area contributed by atoms with Gasteiger partial charge < -0.3 is 14.8 Å².